The zero-order valence-electron chi connectivity index (χ0n) is 11.6. The molecule has 1 rings (SSSR count). The number of aromatic amines is 1. The molecule has 1 aromatic rings. The molecule has 0 aliphatic heterocycles. The quantitative estimate of drug-likeness (QED) is 0.785. The van der Waals surface area contributed by atoms with Crippen molar-refractivity contribution < 1.29 is 0 Å². The van der Waals surface area contributed by atoms with Crippen molar-refractivity contribution in [1.82, 2.24) is 14.9 Å². The van der Waals surface area contributed by atoms with E-state index in [9.17, 15) is 9.59 Å². The van der Waals surface area contributed by atoms with E-state index in [0.29, 0.717) is 37.0 Å². The van der Waals surface area contributed by atoms with E-state index in [1.807, 2.05) is 6.92 Å². The first kappa shape index (κ1) is 14.7. The molecule has 1 atom stereocenters. The fourth-order valence-electron chi connectivity index (χ4n) is 1.62. The number of H-pyrrole nitrogens is 1. The predicted octanol–water partition coefficient (Wildman–Crippen LogP) is 0.733. The molecule has 0 fully saturated rings. The molecular weight excluding hydrogens is 230 g/mol. The molecule has 5 heteroatoms. The smallest absolute Gasteiger partial charge is 0.312 e. The zero-order chi connectivity index (χ0) is 13.7. The normalized spacial score (nSPS) is 12.9. The van der Waals surface area contributed by atoms with Crippen LogP contribution in [0.25, 0.3) is 0 Å². The Morgan fingerprint density at radius 1 is 1.33 bits per heavy atom. The maximum atomic E-state index is 11.6. The van der Waals surface area contributed by atoms with Crippen molar-refractivity contribution >= 4 is 0 Å². The highest BCUT2D eigenvalue weighted by atomic mass is 16.2. The standard InChI is InChI=1S/C13H23N3O2/c1-5-11-8-16(13(18)15-12(11)17)7-6-14-10(4)9(2)3/h8-10,14H,5-7H2,1-4H3,(H,15,17,18). The van der Waals surface area contributed by atoms with Gasteiger partial charge < -0.3 is 5.32 Å². The van der Waals surface area contributed by atoms with Gasteiger partial charge in [-0.25, -0.2) is 4.79 Å². The average Bonchev–Trinajstić information content (AvgIpc) is 2.31. The summed E-state index contributed by atoms with van der Waals surface area (Å²) >= 11 is 0. The summed E-state index contributed by atoms with van der Waals surface area (Å²) in [6, 6.07) is 0.411. The average molecular weight is 253 g/mol. The minimum absolute atomic E-state index is 0.276. The first-order valence-electron chi connectivity index (χ1n) is 6.51. The topological polar surface area (TPSA) is 66.9 Å². The van der Waals surface area contributed by atoms with Crippen LogP contribution in [0.1, 0.15) is 33.3 Å². The highest BCUT2D eigenvalue weighted by Crippen LogP contribution is 1.98. The van der Waals surface area contributed by atoms with Gasteiger partial charge in [-0.1, -0.05) is 20.8 Å². The van der Waals surface area contributed by atoms with Gasteiger partial charge in [0.2, 0.25) is 0 Å². The van der Waals surface area contributed by atoms with Gasteiger partial charge >= 0.3 is 5.69 Å². The Kier molecular flexibility index (Phi) is 5.34. The van der Waals surface area contributed by atoms with Crippen LogP contribution in [0.5, 0.6) is 0 Å². The second-order valence-corrected chi connectivity index (χ2v) is 4.95. The van der Waals surface area contributed by atoms with Gasteiger partial charge in [-0.3, -0.25) is 14.3 Å². The number of hydrogen-bond donors (Lipinski definition) is 2. The summed E-state index contributed by atoms with van der Waals surface area (Å²) in [5.74, 6) is 0.559. The van der Waals surface area contributed by atoms with E-state index < -0.39 is 0 Å². The van der Waals surface area contributed by atoms with E-state index >= 15 is 0 Å². The van der Waals surface area contributed by atoms with Gasteiger partial charge in [0.05, 0.1) is 0 Å². The molecule has 0 aromatic carbocycles. The van der Waals surface area contributed by atoms with E-state index in [-0.39, 0.29) is 11.2 Å². The third-order valence-electron chi connectivity index (χ3n) is 3.28. The van der Waals surface area contributed by atoms with Crippen LogP contribution in [0.4, 0.5) is 0 Å². The summed E-state index contributed by atoms with van der Waals surface area (Å²) in [6.45, 7) is 9.61. The van der Waals surface area contributed by atoms with Gasteiger partial charge in [0.1, 0.15) is 0 Å². The van der Waals surface area contributed by atoms with Gasteiger partial charge in [0.15, 0.2) is 0 Å². The van der Waals surface area contributed by atoms with Crippen LogP contribution >= 0.6 is 0 Å². The Morgan fingerprint density at radius 3 is 2.56 bits per heavy atom. The fraction of sp³-hybridized carbons (Fsp3) is 0.692. The lowest BCUT2D eigenvalue weighted by Crippen LogP contribution is -2.37. The molecule has 0 saturated heterocycles. The molecule has 2 N–H and O–H groups in total. The minimum atomic E-state index is -0.337. The molecule has 0 radical (unpaired) electrons. The summed E-state index contributed by atoms with van der Waals surface area (Å²) in [7, 11) is 0. The highest BCUT2D eigenvalue weighted by molar-refractivity contribution is 5.03. The van der Waals surface area contributed by atoms with Crippen molar-refractivity contribution in [3.63, 3.8) is 0 Å². The predicted molar refractivity (Wildman–Crippen MR) is 73.0 cm³/mol. The third-order valence-corrected chi connectivity index (χ3v) is 3.28. The maximum Gasteiger partial charge on any atom is 0.328 e. The largest absolute Gasteiger partial charge is 0.328 e. The first-order valence-corrected chi connectivity index (χ1v) is 6.51. The van der Waals surface area contributed by atoms with Crippen LogP contribution in [0.3, 0.4) is 0 Å². The molecule has 1 unspecified atom stereocenters. The Labute approximate surface area is 107 Å². The van der Waals surface area contributed by atoms with Crippen LogP contribution in [0.15, 0.2) is 15.8 Å². The van der Waals surface area contributed by atoms with Crippen LogP contribution in [-0.4, -0.2) is 22.1 Å². The number of rotatable bonds is 6. The summed E-state index contributed by atoms with van der Waals surface area (Å²) in [4.78, 5) is 25.4. The van der Waals surface area contributed by atoms with E-state index in [1.165, 1.54) is 0 Å². The number of aryl methyl sites for hydroxylation is 1. The number of aromatic nitrogens is 2. The Hall–Kier alpha value is -1.36. The van der Waals surface area contributed by atoms with Crippen LogP contribution in [0.2, 0.25) is 0 Å². The summed E-state index contributed by atoms with van der Waals surface area (Å²) in [5.41, 5.74) is 0.0324. The van der Waals surface area contributed by atoms with E-state index in [2.05, 4.69) is 31.1 Å². The molecule has 5 nitrogen and oxygen atoms in total. The number of hydrogen-bond acceptors (Lipinski definition) is 3. The molecule has 102 valence electrons. The molecule has 0 saturated carbocycles. The lowest BCUT2D eigenvalue weighted by molar-refractivity contribution is 0.413. The van der Waals surface area contributed by atoms with E-state index in [0.717, 1.165) is 0 Å². The van der Waals surface area contributed by atoms with Gasteiger partial charge in [0.25, 0.3) is 5.56 Å². The second-order valence-electron chi connectivity index (χ2n) is 4.95. The van der Waals surface area contributed by atoms with Crippen LogP contribution in [-0.2, 0) is 13.0 Å². The molecule has 0 aliphatic rings. The lowest BCUT2D eigenvalue weighted by Gasteiger charge is -2.17. The molecule has 1 heterocycles. The number of nitrogens with zero attached hydrogens (tertiary/aromatic N) is 1. The van der Waals surface area contributed by atoms with Crippen molar-refractivity contribution in [3.8, 4) is 0 Å². The van der Waals surface area contributed by atoms with Crippen LogP contribution in [0, 0.1) is 5.92 Å². The minimum Gasteiger partial charge on any atom is -0.312 e. The van der Waals surface area contributed by atoms with Crippen molar-refractivity contribution in [3.05, 3.63) is 32.6 Å². The maximum absolute atomic E-state index is 11.6. The highest BCUT2D eigenvalue weighted by Gasteiger charge is 2.06. The Bertz CT molecular complexity index is 488. The van der Waals surface area contributed by atoms with Crippen LogP contribution < -0.4 is 16.6 Å². The monoisotopic (exact) mass is 253 g/mol. The first-order chi connectivity index (χ1) is 8.45. The molecule has 18 heavy (non-hydrogen) atoms. The van der Waals surface area contributed by atoms with Gasteiger partial charge in [-0.2, -0.15) is 0 Å². The van der Waals surface area contributed by atoms with E-state index in [4.69, 9.17) is 0 Å². The Balaban J connectivity index is 2.68. The molecule has 0 bridgehead atoms. The fourth-order valence-corrected chi connectivity index (χ4v) is 1.62. The summed E-state index contributed by atoms with van der Waals surface area (Å²) in [5, 5.41) is 3.36. The van der Waals surface area contributed by atoms with Crippen molar-refractivity contribution in [1.29, 1.82) is 0 Å². The van der Waals surface area contributed by atoms with Crippen molar-refractivity contribution in [2.45, 2.75) is 46.7 Å². The SMILES string of the molecule is CCc1cn(CCNC(C)C(C)C)c(=O)[nH]c1=O. The summed E-state index contributed by atoms with van der Waals surface area (Å²) in [6.07, 6.45) is 2.29. The van der Waals surface area contributed by atoms with Crippen molar-refractivity contribution in [2.24, 2.45) is 5.92 Å². The zero-order valence-corrected chi connectivity index (χ0v) is 11.6. The molecule has 1 aromatic heterocycles. The third kappa shape index (κ3) is 3.84. The molecule has 0 spiro atoms. The number of nitrogens with one attached hydrogen (secondary N) is 2. The molecule has 0 aliphatic carbocycles. The van der Waals surface area contributed by atoms with E-state index in [1.54, 1.807) is 10.8 Å². The lowest BCUT2D eigenvalue weighted by atomic mass is 10.1. The van der Waals surface area contributed by atoms with Crippen molar-refractivity contribution in [2.75, 3.05) is 6.54 Å². The Morgan fingerprint density at radius 2 is 2.00 bits per heavy atom. The molecule has 0 amide bonds. The summed E-state index contributed by atoms with van der Waals surface area (Å²) < 4.78 is 1.56. The van der Waals surface area contributed by atoms with Gasteiger partial charge in [0, 0.05) is 30.9 Å². The van der Waals surface area contributed by atoms with Gasteiger partial charge in [-0.15, -0.1) is 0 Å². The second kappa shape index (κ2) is 6.54. The molecular formula is C13H23N3O2. The van der Waals surface area contributed by atoms with Gasteiger partial charge in [-0.05, 0) is 19.3 Å².